The Balaban J connectivity index is 1.33. The van der Waals surface area contributed by atoms with Gasteiger partial charge in [-0.2, -0.15) is 0 Å². The molecule has 1 atom stereocenters. The first-order valence-electron chi connectivity index (χ1n) is 14.0. The molecule has 9 nitrogen and oxygen atoms in total. The summed E-state index contributed by atoms with van der Waals surface area (Å²) in [6.07, 6.45) is 3.44. The second kappa shape index (κ2) is 14.6. The number of benzene rings is 2. The maximum atomic E-state index is 13.7. The molecule has 2 amide bonds. The molecule has 2 heterocycles. The van der Waals surface area contributed by atoms with Gasteiger partial charge in [0.25, 0.3) is 0 Å². The summed E-state index contributed by atoms with van der Waals surface area (Å²) in [5, 5.41) is 11.5. The Hall–Kier alpha value is -3.28. The SMILES string of the molecule is COCC(=O)N1CCN(Cc2ccc(OCCCN3CCCCC3=O)cc2)CC(O)(COc2ccc(F)c(F)c2)C1. The second-order valence-electron chi connectivity index (χ2n) is 10.7. The van der Waals surface area contributed by atoms with E-state index < -0.39 is 17.2 Å². The molecule has 2 fully saturated rings. The van der Waals surface area contributed by atoms with Gasteiger partial charge in [0.15, 0.2) is 11.6 Å². The van der Waals surface area contributed by atoms with E-state index in [9.17, 15) is 23.5 Å². The Morgan fingerprint density at radius 2 is 1.76 bits per heavy atom. The van der Waals surface area contributed by atoms with Crippen LogP contribution in [0, 0.1) is 11.6 Å². The van der Waals surface area contributed by atoms with Gasteiger partial charge in [-0.25, -0.2) is 8.78 Å². The van der Waals surface area contributed by atoms with Crippen LogP contribution >= 0.6 is 0 Å². The summed E-state index contributed by atoms with van der Waals surface area (Å²) in [6, 6.07) is 10.9. The first kappa shape index (κ1) is 30.7. The molecule has 2 aromatic carbocycles. The van der Waals surface area contributed by atoms with Crippen molar-refractivity contribution in [1.29, 1.82) is 0 Å². The van der Waals surface area contributed by atoms with Gasteiger partial charge in [-0.15, -0.1) is 0 Å². The van der Waals surface area contributed by atoms with E-state index in [0.717, 1.165) is 49.3 Å². The van der Waals surface area contributed by atoms with Gasteiger partial charge in [-0.1, -0.05) is 12.1 Å². The standard InChI is InChI=1S/C30H39F2N3O6/c1-39-19-29(37)35-15-14-33(20-30(38,21-35)22-41-25-10-11-26(31)27(32)17-25)18-23-6-8-24(9-7-23)40-16-4-13-34-12-3-2-5-28(34)36/h6-11,17,38H,2-5,12-16,18-22H2,1H3. The summed E-state index contributed by atoms with van der Waals surface area (Å²) in [5.41, 5.74) is -0.472. The largest absolute Gasteiger partial charge is 0.494 e. The molecule has 2 aromatic rings. The lowest BCUT2D eigenvalue weighted by Crippen LogP contribution is -2.52. The Kier molecular flexibility index (Phi) is 10.9. The third-order valence-electron chi connectivity index (χ3n) is 7.30. The summed E-state index contributed by atoms with van der Waals surface area (Å²) in [4.78, 5) is 30.0. The summed E-state index contributed by atoms with van der Waals surface area (Å²) in [5.74, 6) is -1.24. The Bertz CT molecular complexity index is 1170. The molecule has 11 heteroatoms. The zero-order valence-electron chi connectivity index (χ0n) is 23.5. The van der Waals surface area contributed by atoms with Crippen LogP contribution in [0.4, 0.5) is 8.78 Å². The van der Waals surface area contributed by atoms with Crippen LogP contribution in [-0.4, -0.2) is 103 Å². The molecule has 0 spiro atoms. The maximum Gasteiger partial charge on any atom is 0.248 e. The number of halogens is 2. The highest BCUT2D eigenvalue weighted by atomic mass is 19.2. The monoisotopic (exact) mass is 575 g/mol. The Morgan fingerprint density at radius 1 is 0.976 bits per heavy atom. The summed E-state index contributed by atoms with van der Waals surface area (Å²) in [6.45, 7) is 3.32. The number of rotatable bonds is 12. The number of aliphatic hydroxyl groups is 1. The fraction of sp³-hybridized carbons (Fsp3) is 0.533. The van der Waals surface area contributed by atoms with E-state index in [1.807, 2.05) is 34.1 Å². The molecule has 41 heavy (non-hydrogen) atoms. The molecule has 0 aliphatic carbocycles. The highest BCUT2D eigenvalue weighted by Gasteiger charge is 2.37. The third-order valence-corrected chi connectivity index (χ3v) is 7.30. The molecule has 0 aromatic heterocycles. The number of likely N-dealkylation sites (tertiary alicyclic amines) is 1. The van der Waals surface area contributed by atoms with Crippen LogP contribution in [-0.2, 0) is 20.9 Å². The van der Waals surface area contributed by atoms with Crippen molar-refractivity contribution in [3.05, 3.63) is 59.7 Å². The number of methoxy groups -OCH3 is 1. The summed E-state index contributed by atoms with van der Waals surface area (Å²) < 4.78 is 43.5. The lowest BCUT2D eigenvalue weighted by atomic mass is 10.0. The number of nitrogens with zero attached hydrogens (tertiary/aromatic N) is 3. The topological polar surface area (TPSA) is 91.8 Å². The van der Waals surface area contributed by atoms with Crippen LogP contribution in [0.3, 0.4) is 0 Å². The van der Waals surface area contributed by atoms with Crippen molar-refractivity contribution in [2.24, 2.45) is 0 Å². The van der Waals surface area contributed by atoms with Gasteiger partial charge in [0.1, 0.15) is 30.3 Å². The average Bonchev–Trinajstić information content (AvgIpc) is 3.12. The normalized spacial score (nSPS) is 20.1. The molecule has 2 saturated heterocycles. The van der Waals surface area contributed by atoms with Crippen LogP contribution in [0.25, 0.3) is 0 Å². The number of carbonyl (C=O) groups is 2. The van der Waals surface area contributed by atoms with Gasteiger partial charge in [0.05, 0.1) is 13.2 Å². The average molecular weight is 576 g/mol. The van der Waals surface area contributed by atoms with Gasteiger partial charge < -0.3 is 29.1 Å². The van der Waals surface area contributed by atoms with Crippen LogP contribution in [0.5, 0.6) is 11.5 Å². The van der Waals surface area contributed by atoms with Crippen molar-refractivity contribution in [2.45, 2.75) is 37.8 Å². The highest BCUT2D eigenvalue weighted by Crippen LogP contribution is 2.22. The van der Waals surface area contributed by atoms with Gasteiger partial charge in [-0.3, -0.25) is 14.5 Å². The van der Waals surface area contributed by atoms with Crippen molar-refractivity contribution in [1.82, 2.24) is 14.7 Å². The Morgan fingerprint density at radius 3 is 2.49 bits per heavy atom. The van der Waals surface area contributed by atoms with E-state index in [-0.39, 0.29) is 43.9 Å². The van der Waals surface area contributed by atoms with Gasteiger partial charge in [0, 0.05) is 58.9 Å². The number of ether oxygens (including phenoxy) is 3. The summed E-state index contributed by atoms with van der Waals surface area (Å²) in [7, 11) is 1.43. The maximum absolute atomic E-state index is 13.7. The number of hydrogen-bond acceptors (Lipinski definition) is 7. The van der Waals surface area contributed by atoms with Gasteiger partial charge in [0.2, 0.25) is 11.8 Å². The molecule has 1 unspecified atom stereocenters. The third kappa shape index (κ3) is 9.11. The van der Waals surface area contributed by atoms with E-state index in [1.54, 1.807) is 0 Å². The molecule has 2 aliphatic heterocycles. The smallest absolute Gasteiger partial charge is 0.248 e. The molecule has 2 aliphatic rings. The van der Waals surface area contributed by atoms with Crippen LogP contribution in [0.2, 0.25) is 0 Å². The summed E-state index contributed by atoms with van der Waals surface area (Å²) >= 11 is 0. The molecular weight excluding hydrogens is 536 g/mol. The lowest BCUT2D eigenvalue weighted by Gasteiger charge is -2.33. The number of carbonyl (C=O) groups excluding carboxylic acids is 2. The number of amides is 2. The molecule has 1 N–H and O–H groups in total. The molecular formula is C30H39F2N3O6. The van der Waals surface area contributed by atoms with Crippen LogP contribution in [0.15, 0.2) is 42.5 Å². The first-order chi connectivity index (χ1) is 19.7. The predicted octanol–water partition coefficient (Wildman–Crippen LogP) is 2.85. The molecule has 4 rings (SSSR count). The van der Waals surface area contributed by atoms with E-state index in [0.29, 0.717) is 39.2 Å². The first-order valence-corrected chi connectivity index (χ1v) is 14.0. The second-order valence-corrected chi connectivity index (χ2v) is 10.7. The number of β-amino-alcohol motifs (C(OH)–C–C–N with tert-alkyl or cyclic N) is 1. The van der Waals surface area contributed by atoms with Crippen molar-refractivity contribution >= 4 is 11.8 Å². The molecule has 0 radical (unpaired) electrons. The van der Waals surface area contributed by atoms with Crippen molar-refractivity contribution in [3.63, 3.8) is 0 Å². The van der Waals surface area contributed by atoms with E-state index >= 15 is 0 Å². The lowest BCUT2D eigenvalue weighted by molar-refractivity contribution is -0.138. The van der Waals surface area contributed by atoms with E-state index in [2.05, 4.69) is 0 Å². The zero-order chi connectivity index (χ0) is 29.2. The zero-order valence-corrected chi connectivity index (χ0v) is 23.5. The van der Waals surface area contributed by atoms with Gasteiger partial charge in [-0.05, 0) is 49.1 Å². The minimum Gasteiger partial charge on any atom is -0.494 e. The molecule has 0 bridgehead atoms. The molecule has 224 valence electrons. The van der Waals surface area contributed by atoms with Crippen LogP contribution in [0.1, 0.15) is 31.2 Å². The fourth-order valence-corrected chi connectivity index (χ4v) is 5.17. The van der Waals surface area contributed by atoms with E-state index in [4.69, 9.17) is 14.2 Å². The van der Waals surface area contributed by atoms with E-state index in [1.165, 1.54) is 18.1 Å². The Labute approximate surface area is 239 Å². The highest BCUT2D eigenvalue weighted by molar-refractivity contribution is 5.77. The number of hydrogen-bond donors (Lipinski definition) is 1. The van der Waals surface area contributed by atoms with Crippen molar-refractivity contribution in [3.8, 4) is 11.5 Å². The van der Waals surface area contributed by atoms with Crippen LogP contribution < -0.4 is 9.47 Å². The number of piperidine rings is 1. The van der Waals surface area contributed by atoms with Crippen molar-refractivity contribution < 1.29 is 37.7 Å². The minimum absolute atomic E-state index is 0.00513. The molecule has 0 saturated carbocycles. The predicted molar refractivity (Wildman–Crippen MR) is 148 cm³/mol. The quantitative estimate of drug-likeness (QED) is 0.389. The van der Waals surface area contributed by atoms with Crippen molar-refractivity contribution in [2.75, 3.05) is 66.2 Å². The minimum atomic E-state index is -1.47. The fourth-order valence-electron chi connectivity index (χ4n) is 5.17. The van der Waals surface area contributed by atoms with Gasteiger partial charge >= 0.3 is 0 Å².